The van der Waals surface area contributed by atoms with Gasteiger partial charge in [0.2, 0.25) is 5.91 Å². The maximum atomic E-state index is 12.0. The lowest BCUT2D eigenvalue weighted by Crippen LogP contribution is -2.42. The number of amides is 1. The normalized spacial score (nSPS) is 15.0. The van der Waals surface area contributed by atoms with Crippen LogP contribution in [0.3, 0.4) is 0 Å². The van der Waals surface area contributed by atoms with Crippen molar-refractivity contribution in [1.29, 1.82) is 0 Å². The van der Waals surface area contributed by atoms with Gasteiger partial charge >= 0.3 is 0 Å². The second kappa shape index (κ2) is 9.56. The van der Waals surface area contributed by atoms with Crippen LogP contribution in [0.5, 0.6) is 11.5 Å². The monoisotopic (exact) mass is 357 g/mol. The lowest BCUT2D eigenvalue weighted by Gasteiger charge is -2.26. The highest BCUT2D eigenvalue weighted by Crippen LogP contribution is 2.35. The third-order valence-electron chi connectivity index (χ3n) is 3.77. The third-order valence-corrected chi connectivity index (χ3v) is 4.06. The Bertz CT molecular complexity index is 550. The minimum atomic E-state index is -0.0840. The van der Waals surface area contributed by atoms with Crippen LogP contribution in [-0.2, 0) is 9.53 Å². The summed E-state index contributed by atoms with van der Waals surface area (Å²) in [5, 5.41) is 6.39. The van der Waals surface area contributed by atoms with Crippen LogP contribution in [0.15, 0.2) is 12.1 Å². The topological polar surface area (TPSA) is 72.1 Å². The Morgan fingerprint density at radius 3 is 2.62 bits per heavy atom. The van der Waals surface area contributed by atoms with E-state index in [9.17, 15) is 4.79 Å². The fourth-order valence-corrected chi connectivity index (χ4v) is 2.65. The number of nitrogens with zero attached hydrogens (tertiary/aromatic N) is 1. The van der Waals surface area contributed by atoms with Gasteiger partial charge in [0.25, 0.3) is 0 Å². The molecule has 0 spiro atoms. The Labute approximate surface area is 147 Å². The number of carbonyl (C=O) groups is 1. The maximum Gasteiger partial charge on any atom is 0.239 e. The van der Waals surface area contributed by atoms with Crippen molar-refractivity contribution < 1.29 is 19.0 Å². The van der Waals surface area contributed by atoms with Crippen LogP contribution in [-0.4, -0.2) is 71.0 Å². The number of methoxy groups -OCH3 is 2. The Morgan fingerprint density at radius 1 is 1.25 bits per heavy atom. The van der Waals surface area contributed by atoms with E-state index in [1.807, 2.05) is 0 Å². The van der Waals surface area contributed by atoms with E-state index in [1.54, 1.807) is 19.2 Å². The summed E-state index contributed by atoms with van der Waals surface area (Å²) in [4.78, 5) is 14.2. The summed E-state index contributed by atoms with van der Waals surface area (Å²) in [6, 6.07) is 3.36. The largest absolute Gasteiger partial charge is 0.495 e. The van der Waals surface area contributed by atoms with Gasteiger partial charge in [0.1, 0.15) is 11.5 Å². The molecule has 0 radical (unpaired) electrons. The molecular formula is C16H24ClN3O4. The van der Waals surface area contributed by atoms with Gasteiger partial charge in [-0.3, -0.25) is 9.69 Å². The number of hydrogen-bond acceptors (Lipinski definition) is 6. The lowest BCUT2D eigenvalue weighted by molar-refractivity contribution is -0.119. The van der Waals surface area contributed by atoms with Crippen molar-refractivity contribution in [2.45, 2.75) is 0 Å². The Morgan fingerprint density at radius 2 is 1.96 bits per heavy atom. The number of morpholine rings is 1. The SMILES string of the molecule is COc1cc(NCC(=O)NCCN2CCOCC2)c(OC)cc1Cl. The molecule has 0 aromatic heterocycles. The predicted molar refractivity (Wildman–Crippen MR) is 93.3 cm³/mol. The summed E-state index contributed by atoms with van der Waals surface area (Å²) in [6.07, 6.45) is 0. The van der Waals surface area contributed by atoms with Gasteiger partial charge < -0.3 is 24.8 Å². The molecule has 1 amide bonds. The molecule has 1 saturated heterocycles. The van der Waals surface area contributed by atoms with Crippen LogP contribution in [0.1, 0.15) is 0 Å². The smallest absolute Gasteiger partial charge is 0.239 e. The molecule has 0 bridgehead atoms. The molecule has 1 aromatic carbocycles. The summed E-state index contributed by atoms with van der Waals surface area (Å²) in [5.74, 6) is 0.994. The Hall–Kier alpha value is -1.70. The van der Waals surface area contributed by atoms with Gasteiger partial charge in [0.15, 0.2) is 0 Å². The fourth-order valence-electron chi connectivity index (χ4n) is 2.41. The first-order valence-corrected chi connectivity index (χ1v) is 8.24. The van der Waals surface area contributed by atoms with Crippen molar-refractivity contribution in [2.75, 3.05) is 65.5 Å². The van der Waals surface area contributed by atoms with Crippen LogP contribution in [0.2, 0.25) is 5.02 Å². The van der Waals surface area contributed by atoms with E-state index < -0.39 is 0 Å². The average molecular weight is 358 g/mol. The third kappa shape index (κ3) is 5.43. The average Bonchev–Trinajstić information content (AvgIpc) is 2.61. The van der Waals surface area contributed by atoms with E-state index in [4.69, 9.17) is 25.8 Å². The number of ether oxygens (including phenoxy) is 3. The van der Waals surface area contributed by atoms with Crippen molar-refractivity contribution in [1.82, 2.24) is 10.2 Å². The molecule has 0 unspecified atom stereocenters. The summed E-state index contributed by atoms with van der Waals surface area (Å²) in [6.45, 7) is 4.92. The van der Waals surface area contributed by atoms with Gasteiger partial charge in [-0.05, 0) is 0 Å². The van der Waals surface area contributed by atoms with Crippen molar-refractivity contribution in [3.63, 3.8) is 0 Å². The van der Waals surface area contributed by atoms with Gasteiger partial charge in [-0.1, -0.05) is 11.6 Å². The van der Waals surface area contributed by atoms with Crippen molar-refractivity contribution in [3.05, 3.63) is 17.2 Å². The first-order chi connectivity index (χ1) is 11.6. The van der Waals surface area contributed by atoms with Gasteiger partial charge in [-0.15, -0.1) is 0 Å². The standard InChI is InChI=1S/C16H24ClN3O4/c1-22-14-10-13(15(23-2)9-12(14)17)19-11-16(21)18-3-4-20-5-7-24-8-6-20/h9-10,19H,3-8,11H2,1-2H3,(H,18,21). The van der Waals surface area contributed by atoms with E-state index in [-0.39, 0.29) is 12.5 Å². The zero-order chi connectivity index (χ0) is 17.4. The molecular weight excluding hydrogens is 334 g/mol. The highest BCUT2D eigenvalue weighted by Gasteiger charge is 2.12. The van der Waals surface area contributed by atoms with E-state index in [0.29, 0.717) is 28.8 Å². The Balaban J connectivity index is 1.78. The minimum absolute atomic E-state index is 0.0840. The van der Waals surface area contributed by atoms with Gasteiger partial charge in [-0.2, -0.15) is 0 Å². The summed E-state index contributed by atoms with van der Waals surface area (Å²) >= 11 is 6.06. The molecule has 2 N–H and O–H groups in total. The van der Waals surface area contributed by atoms with Crippen molar-refractivity contribution >= 4 is 23.2 Å². The molecule has 0 saturated carbocycles. The molecule has 8 heteroatoms. The predicted octanol–water partition coefficient (Wildman–Crippen LogP) is 1.22. The van der Waals surface area contributed by atoms with Crippen LogP contribution in [0, 0.1) is 0 Å². The number of rotatable bonds is 8. The maximum absolute atomic E-state index is 12.0. The zero-order valence-electron chi connectivity index (χ0n) is 14.1. The van der Waals surface area contributed by atoms with Gasteiger partial charge in [0, 0.05) is 38.3 Å². The van der Waals surface area contributed by atoms with Crippen LogP contribution < -0.4 is 20.1 Å². The molecule has 0 atom stereocenters. The van der Waals surface area contributed by atoms with Crippen LogP contribution in [0.25, 0.3) is 0 Å². The van der Waals surface area contributed by atoms with Gasteiger partial charge in [-0.25, -0.2) is 0 Å². The fraction of sp³-hybridized carbons (Fsp3) is 0.562. The van der Waals surface area contributed by atoms with Crippen molar-refractivity contribution in [2.24, 2.45) is 0 Å². The highest BCUT2D eigenvalue weighted by molar-refractivity contribution is 6.32. The molecule has 24 heavy (non-hydrogen) atoms. The highest BCUT2D eigenvalue weighted by atomic mass is 35.5. The van der Waals surface area contributed by atoms with E-state index >= 15 is 0 Å². The van der Waals surface area contributed by atoms with Crippen LogP contribution in [0.4, 0.5) is 5.69 Å². The second-order valence-electron chi connectivity index (χ2n) is 5.34. The molecule has 1 heterocycles. The molecule has 1 aliphatic heterocycles. The number of benzene rings is 1. The number of halogens is 1. The number of anilines is 1. The first kappa shape index (κ1) is 18.6. The molecule has 2 rings (SSSR count). The second-order valence-corrected chi connectivity index (χ2v) is 5.75. The van der Waals surface area contributed by atoms with Gasteiger partial charge in [0.05, 0.1) is 44.7 Å². The van der Waals surface area contributed by atoms with E-state index in [1.165, 1.54) is 7.11 Å². The summed E-state index contributed by atoms with van der Waals surface area (Å²) in [5.41, 5.74) is 0.655. The Kier molecular flexibility index (Phi) is 7.42. The quantitative estimate of drug-likeness (QED) is 0.729. The molecule has 1 fully saturated rings. The van der Waals surface area contributed by atoms with Crippen LogP contribution >= 0.6 is 11.6 Å². The number of carbonyl (C=O) groups excluding carboxylic acids is 1. The molecule has 7 nitrogen and oxygen atoms in total. The van der Waals surface area contributed by atoms with Crippen molar-refractivity contribution in [3.8, 4) is 11.5 Å². The lowest BCUT2D eigenvalue weighted by atomic mass is 10.2. The summed E-state index contributed by atoms with van der Waals surface area (Å²) in [7, 11) is 3.08. The van der Waals surface area contributed by atoms with E-state index in [0.717, 1.165) is 32.8 Å². The molecule has 1 aromatic rings. The summed E-state index contributed by atoms with van der Waals surface area (Å²) < 4.78 is 15.7. The van der Waals surface area contributed by atoms with E-state index in [2.05, 4.69) is 15.5 Å². The minimum Gasteiger partial charge on any atom is -0.495 e. The first-order valence-electron chi connectivity index (χ1n) is 7.86. The number of nitrogens with one attached hydrogen (secondary N) is 2. The zero-order valence-corrected chi connectivity index (χ0v) is 14.8. The molecule has 0 aliphatic carbocycles. The number of hydrogen-bond donors (Lipinski definition) is 2. The molecule has 134 valence electrons. The molecule has 1 aliphatic rings.